The summed E-state index contributed by atoms with van der Waals surface area (Å²) in [5.74, 6) is 0.840. The molecule has 0 unspecified atom stereocenters. The summed E-state index contributed by atoms with van der Waals surface area (Å²) in [6, 6.07) is 0.609. The van der Waals surface area contributed by atoms with Gasteiger partial charge in [0, 0.05) is 25.9 Å². The first-order chi connectivity index (χ1) is 9.26. The maximum Gasteiger partial charge on any atom is 0.136 e. The summed E-state index contributed by atoms with van der Waals surface area (Å²) in [4.78, 5) is 12.4. The van der Waals surface area contributed by atoms with Crippen LogP contribution in [0.25, 0.3) is 0 Å². The number of piperidine rings is 2. The molecule has 0 aromatic rings. The van der Waals surface area contributed by atoms with Crippen molar-refractivity contribution in [1.29, 1.82) is 0 Å². The topological polar surface area (TPSA) is 43.4 Å². The average Bonchev–Trinajstić information content (AvgIpc) is 2.38. The van der Waals surface area contributed by atoms with Crippen molar-refractivity contribution < 1.29 is 14.4 Å². The molecule has 0 atom stereocenters. The summed E-state index contributed by atoms with van der Waals surface area (Å²) in [5.41, 5.74) is 0.244. The average molecular weight is 282 g/mol. The molecule has 2 fully saturated rings. The number of nitrogens with zero attached hydrogens (tertiary/aromatic N) is 2. The molecule has 2 saturated heterocycles. The van der Waals surface area contributed by atoms with Crippen molar-refractivity contribution in [1.82, 2.24) is 4.90 Å². The predicted octanol–water partition coefficient (Wildman–Crippen LogP) is 1.84. The van der Waals surface area contributed by atoms with Crippen molar-refractivity contribution in [2.24, 2.45) is 5.92 Å². The third kappa shape index (κ3) is 2.80. The highest BCUT2D eigenvalue weighted by Crippen LogP contribution is 2.38. The Kier molecular flexibility index (Phi) is 4.33. The Hall–Kier alpha value is -0.770. The fraction of sp³-hybridized carbons (Fsp3) is 0.938. The van der Waals surface area contributed by atoms with Crippen LogP contribution in [0.3, 0.4) is 0 Å². The Morgan fingerprint density at radius 1 is 1.10 bits per heavy atom. The van der Waals surface area contributed by atoms with E-state index in [1.807, 2.05) is 0 Å². The van der Waals surface area contributed by atoms with Crippen molar-refractivity contribution in [3.05, 3.63) is 0 Å². The second kappa shape index (κ2) is 5.55. The van der Waals surface area contributed by atoms with Crippen LogP contribution in [0.1, 0.15) is 53.4 Å². The van der Waals surface area contributed by atoms with E-state index < -0.39 is 6.09 Å². The summed E-state index contributed by atoms with van der Waals surface area (Å²) >= 11 is 0. The van der Waals surface area contributed by atoms with E-state index in [0.29, 0.717) is 19.1 Å². The highest BCUT2D eigenvalue weighted by Gasteiger charge is 2.48. The number of hydrogen-bond donors (Lipinski definition) is 0. The van der Waals surface area contributed by atoms with Gasteiger partial charge < -0.3 is 19.3 Å². The molecule has 0 radical (unpaired) electrons. The van der Waals surface area contributed by atoms with Crippen LogP contribution in [0.5, 0.6) is 0 Å². The second-order valence-corrected chi connectivity index (χ2v) is 7.82. The van der Waals surface area contributed by atoms with Crippen molar-refractivity contribution in [2.75, 3.05) is 26.2 Å². The summed E-state index contributed by atoms with van der Waals surface area (Å²) in [6.45, 7) is 13.2. The van der Waals surface area contributed by atoms with E-state index in [4.69, 9.17) is 0 Å². The van der Waals surface area contributed by atoms with Crippen molar-refractivity contribution in [3.8, 4) is 0 Å². The van der Waals surface area contributed by atoms with Gasteiger partial charge in [-0.15, -0.1) is 0 Å². The molecule has 0 N–H and O–H groups in total. The van der Waals surface area contributed by atoms with Gasteiger partial charge in [-0.1, -0.05) is 6.92 Å². The molecule has 0 saturated carbocycles. The Labute approximate surface area is 123 Å². The zero-order valence-corrected chi connectivity index (χ0v) is 13.5. The summed E-state index contributed by atoms with van der Waals surface area (Å²) in [6.07, 6.45) is 3.58. The molecule has 2 rings (SSSR count). The lowest BCUT2D eigenvalue weighted by Gasteiger charge is -2.58. The van der Waals surface area contributed by atoms with Gasteiger partial charge in [0.25, 0.3) is 0 Å². The van der Waals surface area contributed by atoms with E-state index in [1.165, 1.54) is 35.3 Å². The second-order valence-electron chi connectivity index (χ2n) is 7.82. The fourth-order valence-corrected chi connectivity index (χ4v) is 4.28. The Bertz CT molecular complexity index is 346. The standard InChI is InChI=1S/C16H30N2O2/c1-13-7-11-18(12-8-13,16(2,3)4)14-5-9-17(10-6-14)15(19)20/h13-14H,5-12H2,1-4H3. The van der Waals surface area contributed by atoms with E-state index in [0.717, 1.165) is 18.8 Å². The molecule has 4 nitrogen and oxygen atoms in total. The maximum absolute atomic E-state index is 11.0. The van der Waals surface area contributed by atoms with E-state index in [9.17, 15) is 9.90 Å². The smallest absolute Gasteiger partial charge is 0.136 e. The van der Waals surface area contributed by atoms with Gasteiger partial charge in [0.05, 0.1) is 24.7 Å². The van der Waals surface area contributed by atoms with Crippen LogP contribution in [0.2, 0.25) is 0 Å². The molecule has 0 spiro atoms. The number of carbonyl (C=O) groups excluding carboxylic acids is 1. The minimum atomic E-state index is -1.00. The first-order valence-corrected chi connectivity index (χ1v) is 8.09. The zero-order valence-electron chi connectivity index (χ0n) is 13.5. The molecule has 2 heterocycles. The van der Waals surface area contributed by atoms with E-state index in [2.05, 4.69) is 27.7 Å². The van der Waals surface area contributed by atoms with Gasteiger partial charge in [0.15, 0.2) is 0 Å². The molecule has 4 heteroatoms. The lowest BCUT2D eigenvalue weighted by atomic mass is 9.85. The number of hydrogen-bond acceptors (Lipinski definition) is 2. The normalized spacial score (nSPS) is 33.2. The molecule has 1 amide bonds. The Morgan fingerprint density at radius 2 is 1.60 bits per heavy atom. The summed E-state index contributed by atoms with van der Waals surface area (Å²) < 4.78 is 1.18. The van der Waals surface area contributed by atoms with Crippen LogP contribution in [0, 0.1) is 5.92 Å². The number of rotatable bonds is 1. The minimum Gasteiger partial charge on any atom is -0.530 e. The van der Waals surface area contributed by atoms with Gasteiger partial charge in [-0.3, -0.25) is 0 Å². The number of likely N-dealkylation sites (tertiary alicyclic amines) is 2. The zero-order chi connectivity index (χ0) is 15.0. The van der Waals surface area contributed by atoms with Gasteiger partial charge in [-0.25, -0.2) is 0 Å². The first kappa shape index (κ1) is 15.6. The van der Waals surface area contributed by atoms with Crippen LogP contribution in [0.4, 0.5) is 4.79 Å². The van der Waals surface area contributed by atoms with E-state index in [-0.39, 0.29) is 5.54 Å². The molecule has 2 aliphatic heterocycles. The molecule has 0 aliphatic carbocycles. The minimum absolute atomic E-state index is 0.244. The largest absolute Gasteiger partial charge is 0.530 e. The predicted molar refractivity (Wildman–Crippen MR) is 78.1 cm³/mol. The van der Waals surface area contributed by atoms with Crippen LogP contribution in [0.15, 0.2) is 0 Å². The summed E-state index contributed by atoms with van der Waals surface area (Å²) in [7, 11) is 0. The van der Waals surface area contributed by atoms with Crippen LogP contribution in [-0.2, 0) is 0 Å². The van der Waals surface area contributed by atoms with E-state index in [1.54, 1.807) is 0 Å². The van der Waals surface area contributed by atoms with Gasteiger partial charge in [-0.2, -0.15) is 0 Å². The van der Waals surface area contributed by atoms with Gasteiger partial charge in [-0.05, 0) is 39.5 Å². The van der Waals surface area contributed by atoms with Gasteiger partial charge in [0.2, 0.25) is 0 Å². The SMILES string of the molecule is CC1CC[N+](C2CCN(C(=O)[O-])CC2)(C(C)(C)C)CC1. The van der Waals surface area contributed by atoms with Crippen LogP contribution in [-0.4, -0.2) is 53.2 Å². The number of carbonyl (C=O) groups is 1. The van der Waals surface area contributed by atoms with Crippen LogP contribution >= 0.6 is 0 Å². The monoisotopic (exact) mass is 282 g/mol. The van der Waals surface area contributed by atoms with Gasteiger partial charge >= 0.3 is 0 Å². The Morgan fingerprint density at radius 3 is 2.00 bits per heavy atom. The highest BCUT2D eigenvalue weighted by atomic mass is 16.4. The maximum atomic E-state index is 11.0. The molecule has 0 aromatic carbocycles. The third-order valence-corrected chi connectivity index (χ3v) is 5.80. The molecule has 20 heavy (non-hydrogen) atoms. The van der Waals surface area contributed by atoms with Crippen molar-refractivity contribution >= 4 is 6.09 Å². The molecule has 116 valence electrons. The molecule has 0 aromatic heterocycles. The Balaban J connectivity index is 2.11. The lowest BCUT2D eigenvalue weighted by Crippen LogP contribution is -2.69. The molecular weight excluding hydrogens is 252 g/mol. The number of carboxylic acid groups (broad SMARTS) is 1. The highest BCUT2D eigenvalue weighted by molar-refractivity contribution is 5.62. The van der Waals surface area contributed by atoms with E-state index >= 15 is 0 Å². The molecule has 0 bridgehead atoms. The fourth-order valence-electron chi connectivity index (χ4n) is 4.28. The summed E-state index contributed by atoms with van der Waals surface area (Å²) in [5, 5.41) is 11.0. The first-order valence-electron chi connectivity index (χ1n) is 8.09. The molecule has 2 aliphatic rings. The lowest BCUT2D eigenvalue weighted by molar-refractivity contribution is -0.997. The van der Waals surface area contributed by atoms with Crippen LogP contribution < -0.4 is 5.11 Å². The van der Waals surface area contributed by atoms with Crippen molar-refractivity contribution in [3.63, 3.8) is 0 Å². The molecular formula is C16H30N2O2. The number of amides is 1. The number of quaternary nitrogens is 1. The van der Waals surface area contributed by atoms with Gasteiger partial charge in [0.1, 0.15) is 6.09 Å². The quantitative estimate of drug-likeness (QED) is 0.689. The van der Waals surface area contributed by atoms with Crippen molar-refractivity contribution in [2.45, 2.75) is 65.0 Å². The third-order valence-electron chi connectivity index (χ3n) is 5.80.